The van der Waals surface area contributed by atoms with Crippen molar-refractivity contribution in [1.82, 2.24) is 0 Å². The number of furan rings is 1. The van der Waals surface area contributed by atoms with Crippen LogP contribution in [0, 0.1) is 0 Å². The van der Waals surface area contributed by atoms with E-state index in [1.54, 1.807) is 0 Å². The fraction of sp³-hybridized carbons (Fsp3) is 0. The zero-order chi connectivity index (χ0) is 31.9. The van der Waals surface area contributed by atoms with E-state index in [0.29, 0.717) is 0 Å². The Bertz CT molecular complexity index is 2490. The number of hydrogen-bond donors (Lipinski definition) is 0. The Morgan fingerprint density at radius 3 is 1.62 bits per heavy atom. The molecule has 48 heavy (non-hydrogen) atoms. The van der Waals surface area contributed by atoms with Gasteiger partial charge >= 0.3 is 0 Å². The van der Waals surface area contributed by atoms with Crippen LogP contribution in [0.3, 0.4) is 0 Å². The van der Waals surface area contributed by atoms with Gasteiger partial charge in [0.25, 0.3) is 0 Å². The summed E-state index contributed by atoms with van der Waals surface area (Å²) in [5.41, 5.74) is 12.3. The van der Waals surface area contributed by atoms with Gasteiger partial charge in [0.1, 0.15) is 11.2 Å². The van der Waals surface area contributed by atoms with Crippen molar-refractivity contribution >= 4 is 49.8 Å². The van der Waals surface area contributed by atoms with Crippen LogP contribution in [0.4, 0.5) is 17.1 Å². The van der Waals surface area contributed by atoms with Crippen LogP contribution in [-0.4, -0.2) is 0 Å². The Hall–Kier alpha value is -6.38. The van der Waals surface area contributed by atoms with Gasteiger partial charge in [-0.3, -0.25) is 0 Å². The molecule has 0 atom stereocenters. The monoisotopic (exact) mass is 613 g/mol. The van der Waals surface area contributed by atoms with Crippen molar-refractivity contribution in [3.8, 4) is 33.4 Å². The van der Waals surface area contributed by atoms with Gasteiger partial charge in [0.2, 0.25) is 0 Å². The maximum Gasteiger partial charge on any atom is 0.136 e. The van der Waals surface area contributed by atoms with Crippen LogP contribution < -0.4 is 4.90 Å². The molecule has 8 aromatic carbocycles. The third kappa shape index (κ3) is 4.83. The third-order valence-corrected chi connectivity index (χ3v) is 9.26. The van der Waals surface area contributed by atoms with Gasteiger partial charge in [-0.15, -0.1) is 0 Å². The fourth-order valence-corrected chi connectivity index (χ4v) is 7.01. The summed E-state index contributed by atoms with van der Waals surface area (Å²) in [5, 5.41) is 4.73. The van der Waals surface area contributed by atoms with Crippen LogP contribution >= 0.6 is 0 Å². The number of fused-ring (bicyclic) bond motifs is 5. The number of para-hydroxylation sites is 4. The lowest BCUT2D eigenvalue weighted by atomic mass is 9.91. The number of anilines is 3. The highest BCUT2D eigenvalue weighted by Gasteiger charge is 2.18. The summed E-state index contributed by atoms with van der Waals surface area (Å²) in [7, 11) is 0. The highest BCUT2D eigenvalue weighted by atomic mass is 16.3. The highest BCUT2D eigenvalue weighted by Crippen LogP contribution is 2.43. The van der Waals surface area contributed by atoms with Gasteiger partial charge in [0.05, 0.1) is 5.69 Å². The van der Waals surface area contributed by atoms with Crippen LogP contribution in [-0.2, 0) is 0 Å². The van der Waals surface area contributed by atoms with Crippen LogP contribution in [0.15, 0.2) is 192 Å². The highest BCUT2D eigenvalue weighted by molar-refractivity contribution is 6.22. The van der Waals surface area contributed by atoms with Crippen LogP contribution in [0.2, 0.25) is 0 Å². The minimum absolute atomic E-state index is 0.914. The quantitative estimate of drug-likeness (QED) is 0.185. The van der Waals surface area contributed by atoms with E-state index in [9.17, 15) is 0 Å². The number of rotatable bonds is 6. The molecule has 0 aliphatic rings. The van der Waals surface area contributed by atoms with E-state index in [-0.39, 0.29) is 0 Å². The molecular formula is C46H31NO. The zero-order valence-corrected chi connectivity index (χ0v) is 26.3. The summed E-state index contributed by atoms with van der Waals surface area (Å²) in [4.78, 5) is 2.33. The maximum atomic E-state index is 6.37. The molecule has 9 rings (SSSR count). The first-order valence-electron chi connectivity index (χ1n) is 16.4. The van der Waals surface area contributed by atoms with E-state index in [1.165, 1.54) is 49.5 Å². The second-order valence-corrected chi connectivity index (χ2v) is 12.1. The summed E-state index contributed by atoms with van der Waals surface area (Å²) in [6, 6.07) is 66.8. The van der Waals surface area contributed by atoms with Gasteiger partial charge in [-0.25, -0.2) is 0 Å². The third-order valence-electron chi connectivity index (χ3n) is 9.26. The summed E-state index contributed by atoms with van der Waals surface area (Å²) < 4.78 is 6.37. The molecule has 0 bridgehead atoms. The fourth-order valence-electron chi connectivity index (χ4n) is 7.01. The lowest BCUT2D eigenvalue weighted by Gasteiger charge is -2.27. The molecule has 0 aliphatic heterocycles. The molecule has 226 valence electrons. The van der Waals surface area contributed by atoms with Crippen molar-refractivity contribution < 1.29 is 4.42 Å². The molecule has 0 saturated carbocycles. The Morgan fingerprint density at radius 2 is 0.896 bits per heavy atom. The van der Waals surface area contributed by atoms with Gasteiger partial charge < -0.3 is 9.32 Å². The molecule has 0 unspecified atom stereocenters. The topological polar surface area (TPSA) is 16.4 Å². The molecule has 2 nitrogen and oxygen atoms in total. The normalized spacial score (nSPS) is 11.3. The molecule has 0 radical (unpaired) electrons. The molecular weight excluding hydrogens is 583 g/mol. The van der Waals surface area contributed by atoms with Crippen LogP contribution in [0.1, 0.15) is 0 Å². The molecule has 1 aromatic heterocycles. The van der Waals surface area contributed by atoms with Crippen LogP contribution in [0.5, 0.6) is 0 Å². The second-order valence-electron chi connectivity index (χ2n) is 12.1. The SMILES string of the molecule is c1ccc(-c2cc3oc4ccccc4c3c3ccc(-c4ccc(-c5ccccc5N(c5ccccc5)c5ccccc5)cc4)cc23)cc1. The minimum Gasteiger partial charge on any atom is -0.456 e. The predicted octanol–water partition coefficient (Wildman–Crippen LogP) is 13.2. The molecule has 0 saturated heterocycles. The van der Waals surface area contributed by atoms with Crippen molar-refractivity contribution in [2.45, 2.75) is 0 Å². The molecule has 2 heteroatoms. The van der Waals surface area contributed by atoms with Gasteiger partial charge in [-0.05, 0) is 87.1 Å². The van der Waals surface area contributed by atoms with Crippen molar-refractivity contribution in [3.05, 3.63) is 188 Å². The Morgan fingerprint density at radius 1 is 0.333 bits per heavy atom. The number of nitrogens with zero attached hydrogens (tertiary/aromatic N) is 1. The van der Waals surface area contributed by atoms with Crippen molar-refractivity contribution in [2.24, 2.45) is 0 Å². The zero-order valence-electron chi connectivity index (χ0n) is 26.3. The molecule has 9 aromatic rings. The molecule has 0 N–H and O–H groups in total. The Balaban J connectivity index is 1.16. The van der Waals surface area contributed by atoms with E-state index >= 15 is 0 Å². The predicted molar refractivity (Wildman–Crippen MR) is 202 cm³/mol. The average molecular weight is 614 g/mol. The summed E-state index contributed by atoms with van der Waals surface area (Å²) in [6.07, 6.45) is 0. The second kappa shape index (κ2) is 11.8. The van der Waals surface area contributed by atoms with E-state index in [0.717, 1.165) is 33.6 Å². The summed E-state index contributed by atoms with van der Waals surface area (Å²) in [6.45, 7) is 0. The van der Waals surface area contributed by atoms with E-state index in [4.69, 9.17) is 4.42 Å². The molecule has 1 heterocycles. The summed E-state index contributed by atoms with van der Waals surface area (Å²) in [5.74, 6) is 0. The van der Waals surface area contributed by atoms with Crippen LogP contribution in [0.25, 0.3) is 66.1 Å². The van der Waals surface area contributed by atoms with Gasteiger partial charge in [-0.2, -0.15) is 0 Å². The first-order chi connectivity index (χ1) is 23.8. The maximum absolute atomic E-state index is 6.37. The smallest absolute Gasteiger partial charge is 0.136 e. The Kier molecular flexibility index (Phi) is 6.84. The largest absolute Gasteiger partial charge is 0.456 e. The van der Waals surface area contributed by atoms with E-state index in [2.05, 4.69) is 187 Å². The van der Waals surface area contributed by atoms with Gasteiger partial charge in [0, 0.05) is 27.7 Å². The first kappa shape index (κ1) is 27.9. The Labute approximate surface area is 279 Å². The average Bonchev–Trinajstić information content (AvgIpc) is 3.55. The standard InChI is InChI=1S/C46H31NO/c1-4-14-33(15-5-1)41-31-45-46(40-21-11-13-23-44(40)48-45)39-29-28-35(30-42(39)41)32-24-26-34(27-25-32)38-20-10-12-22-43(38)47(36-16-6-2-7-17-36)37-18-8-3-9-19-37/h1-31H. The lowest BCUT2D eigenvalue weighted by Crippen LogP contribution is -2.10. The van der Waals surface area contributed by atoms with E-state index in [1.807, 2.05) is 6.07 Å². The minimum atomic E-state index is 0.914. The van der Waals surface area contributed by atoms with Gasteiger partial charge in [-0.1, -0.05) is 140 Å². The molecule has 0 spiro atoms. The molecule has 0 aliphatic carbocycles. The van der Waals surface area contributed by atoms with E-state index < -0.39 is 0 Å². The first-order valence-corrected chi connectivity index (χ1v) is 16.4. The van der Waals surface area contributed by atoms with Gasteiger partial charge in [0.15, 0.2) is 0 Å². The summed E-state index contributed by atoms with van der Waals surface area (Å²) >= 11 is 0. The van der Waals surface area contributed by atoms with Crippen molar-refractivity contribution in [1.29, 1.82) is 0 Å². The number of benzene rings is 8. The molecule has 0 amide bonds. The lowest BCUT2D eigenvalue weighted by molar-refractivity contribution is 0.669. The molecule has 0 fully saturated rings. The number of hydrogen-bond acceptors (Lipinski definition) is 2. The van der Waals surface area contributed by atoms with Crippen molar-refractivity contribution in [2.75, 3.05) is 4.90 Å². The van der Waals surface area contributed by atoms with Crippen molar-refractivity contribution in [3.63, 3.8) is 0 Å².